The third-order valence-electron chi connectivity index (χ3n) is 5.38. The molecule has 24 heavy (non-hydrogen) atoms. The van der Waals surface area contributed by atoms with Gasteiger partial charge in [0, 0.05) is 21.8 Å². The molecule has 0 saturated carbocycles. The van der Waals surface area contributed by atoms with E-state index in [1.807, 2.05) is 0 Å². The summed E-state index contributed by atoms with van der Waals surface area (Å²) in [5, 5.41) is 5.24. The molecule has 4 aromatic carbocycles. The number of rotatable bonds is 0. The minimum Gasteiger partial charge on any atom is -0.354 e. The summed E-state index contributed by atoms with van der Waals surface area (Å²) in [5.74, 6) is 0. The maximum Gasteiger partial charge on any atom is 0.0471 e. The van der Waals surface area contributed by atoms with E-state index < -0.39 is 0 Å². The van der Waals surface area contributed by atoms with Gasteiger partial charge in [-0.1, -0.05) is 48.5 Å². The topological polar surface area (TPSA) is 15.8 Å². The number of benzene rings is 4. The summed E-state index contributed by atoms with van der Waals surface area (Å²) in [5.41, 5.74) is 8.11. The molecule has 1 heteroatoms. The van der Waals surface area contributed by atoms with E-state index in [9.17, 15) is 0 Å². The van der Waals surface area contributed by atoms with E-state index in [0.29, 0.717) is 0 Å². The zero-order valence-corrected chi connectivity index (χ0v) is 13.1. The van der Waals surface area contributed by atoms with E-state index in [1.54, 1.807) is 0 Å². The molecule has 5 aromatic rings. The highest BCUT2D eigenvalue weighted by atomic mass is 14.7. The fourth-order valence-corrected chi connectivity index (χ4v) is 4.22. The number of hydrogen-bond acceptors (Lipinski definition) is 0. The van der Waals surface area contributed by atoms with Crippen LogP contribution in [0.2, 0.25) is 0 Å². The first-order chi connectivity index (χ1) is 11.9. The molecule has 1 N–H and O–H groups in total. The Morgan fingerprint density at radius 1 is 0.583 bits per heavy atom. The van der Waals surface area contributed by atoms with Crippen molar-refractivity contribution in [3.05, 3.63) is 83.9 Å². The van der Waals surface area contributed by atoms with Crippen molar-refractivity contribution >= 4 is 32.6 Å². The van der Waals surface area contributed by atoms with Gasteiger partial charge in [0.1, 0.15) is 0 Å². The predicted molar refractivity (Wildman–Crippen MR) is 102 cm³/mol. The normalized spacial score (nSPS) is 12.8. The van der Waals surface area contributed by atoms with E-state index in [1.165, 1.54) is 54.8 Å². The molecular weight excluding hydrogens is 290 g/mol. The van der Waals surface area contributed by atoms with Crippen molar-refractivity contribution in [1.82, 2.24) is 4.98 Å². The van der Waals surface area contributed by atoms with Gasteiger partial charge in [-0.3, -0.25) is 0 Å². The Morgan fingerprint density at radius 2 is 1.29 bits per heavy atom. The van der Waals surface area contributed by atoms with Crippen LogP contribution in [-0.2, 0) is 6.42 Å². The van der Waals surface area contributed by atoms with E-state index in [2.05, 4.69) is 77.8 Å². The van der Waals surface area contributed by atoms with Gasteiger partial charge in [0.15, 0.2) is 0 Å². The van der Waals surface area contributed by atoms with Crippen molar-refractivity contribution < 1.29 is 0 Å². The van der Waals surface area contributed by atoms with Crippen LogP contribution in [0.5, 0.6) is 0 Å². The lowest BCUT2D eigenvalue weighted by Crippen LogP contribution is -1.80. The van der Waals surface area contributed by atoms with Gasteiger partial charge in [-0.05, 0) is 63.7 Å². The zero-order valence-electron chi connectivity index (χ0n) is 13.1. The lowest BCUT2D eigenvalue weighted by Gasteiger charge is -2.01. The van der Waals surface area contributed by atoms with Crippen LogP contribution in [0.25, 0.3) is 43.7 Å². The van der Waals surface area contributed by atoms with Crippen LogP contribution in [0.1, 0.15) is 11.1 Å². The highest BCUT2D eigenvalue weighted by Gasteiger charge is 2.19. The molecule has 112 valence electrons. The molecule has 0 saturated heterocycles. The molecule has 0 unspecified atom stereocenters. The Balaban J connectivity index is 1.71. The molecule has 1 nitrogen and oxygen atoms in total. The van der Waals surface area contributed by atoms with Crippen molar-refractivity contribution in [2.24, 2.45) is 0 Å². The summed E-state index contributed by atoms with van der Waals surface area (Å²) in [6.45, 7) is 0. The second-order valence-electron chi connectivity index (χ2n) is 6.76. The van der Waals surface area contributed by atoms with E-state index in [0.717, 1.165) is 6.42 Å². The largest absolute Gasteiger partial charge is 0.354 e. The fraction of sp³-hybridized carbons (Fsp3) is 0.0435. The molecule has 0 aliphatic heterocycles. The van der Waals surface area contributed by atoms with Crippen LogP contribution >= 0.6 is 0 Å². The molecule has 1 aromatic heterocycles. The Hall–Kier alpha value is -3.06. The first-order valence-electron chi connectivity index (χ1n) is 8.42. The fourth-order valence-electron chi connectivity index (χ4n) is 4.22. The van der Waals surface area contributed by atoms with Gasteiger partial charge in [0.05, 0.1) is 0 Å². The van der Waals surface area contributed by atoms with Gasteiger partial charge in [-0.2, -0.15) is 0 Å². The van der Waals surface area contributed by atoms with Crippen LogP contribution in [0.3, 0.4) is 0 Å². The summed E-state index contributed by atoms with van der Waals surface area (Å²) < 4.78 is 0. The maximum atomic E-state index is 3.63. The van der Waals surface area contributed by atoms with Crippen molar-refractivity contribution in [3.8, 4) is 11.1 Å². The standard InChI is InChI=1S/C23H15N/c1-2-6-15-12-22-20(10-14(15)5-1)21-11-17-9-16-7-3-4-8-18(16)19(17)13-23(21)24-22/h1-8,10-13,24H,9H2. The van der Waals surface area contributed by atoms with Crippen molar-refractivity contribution in [2.75, 3.05) is 0 Å². The predicted octanol–water partition coefficient (Wildman–Crippen LogP) is 6.05. The van der Waals surface area contributed by atoms with Gasteiger partial charge >= 0.3 is 0 Å². The molecule has 0 atom stereocenters. The molecule has 6 rings (SSSR count). The number of hydrogen-bond donors (Lipinski definition) is 1. The third-order valence-corrected chi connectivity index (χ3v) is 5.38. The third kappa shape index (κ3) is 1.54. The van der Waals surface area contributed by atoms with Crippen LogP contribution in [0, 0.1) is 0 Å². The van der Waals surface area contributed by atoms with E-state index >= 15 is 0 Å². The summed E-state index contributed by atoms with van der Waals surface area (Å²) >= 11 is 0. The van der Waals surface area contributed by atoms with E-state index in [-0.39, 0.29) is 0 Å². The van der Waals surface area contributed by atoms with Crippen molar-refractivity contribution in [3.63, 3.8) is 0 Å². The van der Waals surface area contributed by atoms with Gasteiger partial charge in [-0.15, -0.1) is 0 Å². The SMILES string of the molecule is c1ccc2c(c1)Cc1cc3c(cc1-2)[nH]c1cc2ccccc2cc13. The summed E-state index contributed by atoms with van der Waals surface area (Å²) in [7, 11) is 0. The van der Waals surface area contributed by atoms with Crippen LogP contribution in [0.4, 0.5) is 0 Å². The number of H-pyrrole nitrogens is 1. The first-order valence-corrected chi connectivity index (χ1v) is 8.42. The minimum absolute atomic E-state index is 1.04. The lowest BCUT2D eigenvalue weighted by molar-refractivity contribution is 1.27. The van der Waals surface area contributed by atoms with Crippen molar-refractivity contribution in [2.45, 2.75) is 6.42 Å². The van der Waals surface area contributed by atoms with Gasteiger partial charge < -0.3 is 4.98 Å². The van der Waals surface area contributed by atoms with E-state index in [4.69, 9.17) is 0 Å². The number of aromatic amines is 1. The number of aromatic nitrogens is 1. The lowest BCUT2D eigenvalue weighted by atomic mass is 10.0. The molecule has 0 radical (unpaired) electrons. The molecule has 1 heterocycles. The van der Waals surface area contributed by atoms with Gasteiger partial charge in [0.25, 0.3) is 0 Å². The second-order valence-corrected chi connectivity index (χ2v) is 6.76. The van der Waals surface area contributed by atoms with Crippen LogP contribution < -0.4 is 0 Å². The van der Waals surface area contributed by atoms with Gasteiger partial charge in [0.2, 0.25) is 0 Å². The highest BCUT2D eigenvalue weighted by Crippen LogP contribution is 2.40. The molecule has 0 amide bonds. The van der Waals surface area contributed by atoms with Crippen molar-refractivity contribution in [1.29, 1.82) is 0 Å². The Labute approximate surface area is 139 Å². The summed E-state index contributed by atoms with van der Waals surface area (Å²) in [4.78, 5) is 3.63. The number of fused-ring (bicyclic) bond motifs is 7. The van der Waals surface area contributed by atoms with Crippen LogP contribution in [-0.4, -0.2) is 4.98 Å². The molecule has 0 fully saturated rings. The molecule has 0 spiro atoms. The summed E-state index contributed by atoms with van der Waals surface area (Å²) in [6.07, 6.45) is 1.04. The molecular formula is C23H15N. The average Bonchev–Trinajstić information content (AvgIpc) is 3.15. The zero-order chi connectivity index (χ0) is 15.7. The van der Waals surface area contributed by atoms with Gasteiger partial charge in [-0.25, -0.2) is 0 Å². The quantitative estimate of drug-likeness (QED) is 0.352. The molecule has 1 aliphatic carbocycles. The molecule has 1 aliphatic rings. The number of nitrogens with one attached hydrogen (secondary N) is 1. The highest BCUT2D eigenvalue weighted by molar-refractivity contribution is 6.13. The monoisotopic (exact) mass is 305 g/mol. The maximum absolute atomic E-state index is 3.63. The first kappa shape index (κ1) is 12.4. The second kappa shape index (κ2) is 4.27. The average molecular weight is 305 g/mol. The Morgan fingerprint density at radius 3 is 2.21 bits per heavy atom. The minimum atomic E-state index is 1.04. The summed E-state index contributed by atoms with van der Waals surface area (Å²) in [6, 6.07) is 26.6. The Kier molecular flexibility index (Phi) is 2.20. The van der Waals surface area contributed by atoms with Crippen LogP contribution in [0.15, 0.2) is 72.8 Å². The smallest absolute Gasteiger partial charge is 0.0471 e. The molecule has 0 bridgehead atoms. The Bertz CT molecular complexity index is 1270.